The van der Waals surface area contributed by atoms with Crippen LogP contribution >= 0.6 is 0 Å². The van der Waals surface area contributed by atoms with E-state index in [1.54, 1.807) is 33.5 Å². The van der Waals surface area contributed by atoms with E-state index in [9.17, 15) is 4.79 Å². The van der Waals surface area contributed by atoms with E-state index in [1.807, 2.05) is 6.92 Å². The summed E-state index contributed by atoms with van der Waals surface area (Å²) in [6.45, 7) is 1.81. The molecule has 0 aliphatic heterocycles. The monoisotopic (exact) mass is 268 g/mol. The van der Waals surface area contributed by atoms with E-state index in [0.29, 0.717) is 17.2 Å². The van der Waals surface area contributed by atoms with Crippen molar-refractivity contribution in [1.82, 2.24) is 5.32 Å². The summed E-state index contributed by atoms with van der Waals surface area (Å²) in [5.74, 6) is 1.39. The summed E-state index contributed by atoms with van der Waals surface area (Å²) in [5, 5.41) is 2.77. The number of amides is 1. The summed E-state index contributed by atoms with van der Waals surface area (Å²) in [6.07, 6.45) is 0. The van der Waals surface area contributed by atoms with Crippen molar-refractivity contribution in [2.24, 2.45) is 5.73 Å². The number of nitrogens with two attached hydrogens (primary N) is 1. The first-order valence-electron chi connectivity index (χ1n) is 5.86. The van der Waals surface area contributed by atoms with Gasteiger partial charge in [0.15, 0.2) is 11.5 Å². The Hall–Kier alpha value is -1.95. The molecule has 1 rings (SSSR count). The van der Waals surface area contributed by atoms with Crippen molar-refractivity contribution < 1.29 is 19.0 Å². The van der Waals surface area contributed by atoms with Crippen LogP contribution in [0.4, 0.5) is 0 Å². The maximum Gasteiger partial charge on any atom is 0.234 e. The third-order valence-corrected chi connectivity index (χ3v) is 2.75. The zero-order valence-electron chi connectivity index (χ0n) is 11.6. The molecule has 1 amide bonds. The molecule has 19 heavy (non-hydrogen) atoms. The summed E-state index contributed by atoms with van der Waals surface area (Å²) >= 11 is 0. The van der Waals surface area contributed by atoms with Crippen LogP contribution in [0.1, 0.15) is 18.5 Å². The first-order valence-corrected chi connectivity index (χ1v) is 5.86. The molecule has 0 bridgehead atoms. The molecular weight excluding hydrogens is 248 g/mol. The molecule has 0 aliphatic carbocycles. The van der Waals surface area contributed by atoms with Gasteiger partial charge in [0.2, 0.25) is 11.7 Å². The second-order valence-electron chi connectivity index (χ2n) is 3.95. The third kappa shape index (κ3) is 3.51. The van der Waals surface area contributed by atoms with Gasteiger partial charge in [-0.05, 0) is 24.6 Å². The zero-order chi connectivity index (χ0) is 14.4. The van der Waals surface area contributed by atoms with Crippen molar-refractivity contribution >= 4 is 5.91 Å². The molecule has 3 N–H and O–H groups in total. The van der Waals surface area contributed by atoms with Crippen LogP contribution in [0.25, 0.3) is 0 Å². The van der Waals surface area contributed by atoms with Crippen molar-refractivity contribution in [3.63, 3.8) is 0 Å². The number of rotatable bonds is 6. The van der Waals surface area contributed by atoms with E-state index in [0.717, 1.165) is 5.56 Å². The first-order chi connectivity index (χ1) is 9.07. The van der Waals surface area contributed by atoms with Gasteiger partial charge in [-0.25, -0.2) is 0 Å². The standard InChI is InChI=1S/C13H20N2O4/c1-8(15-12(16)7-14)9-5-10(17-2)13(19-4)11(6-9)18-3/h5-6,8H,7,14H2,1-4H3,(H,15,16). The average molecular weight is 268 g/mol. The summed E-state index contributed by atoms with van der Waals surface area (Å²) in [5.41, 5.74) is 6.12. The van der Waals surface area contributed by atoms with E-state index in [2.05, 4.69) is 5.32 Å². The molecule has 0 radical (unpaired) electrons. The number of hydrogen-bond acceptors (Lipinski definition) is 5. The van der Waals surface area contributed by atoms with E-state index >= 15 is 0 Å². The zero-order valence-corrected chi connectivity index (χ0v) is 11.6. The fraction of sp³-hybridized carbons (Fsp3) is 0.462. The fourth-order valence-corrected chi connectivity index (χ4v) is 1.74. The Balaban J connectivity index is 3.11. The van der Waals surface area contributed by atoms with Gasteiger partial charge in [-0.15, -0.1) is 0 Å². The molecule has 1 atom stereocenters. The SMILES string of the molecule is COc1cc(C(C)NC(=O)CN)cc(OC)c1OC. The number of nitrogens with one attached hydrogen (secondary N) is 1. The van der Waals surface area contributed by atoms with Crippen molar-refractivity contribution in [2.75, 3.05) is 27.9 Å². The predicted octanol–water partition coefficient (Wildman–Crippen LogP) is 0.848. The third-order valence-electron chi connectivity index (χ3n) is 2.75. The van der Waals surface area contributed by atoms with Crippen LogP contribution in [0.2, 0.25) is 0 Å². The minimum atomic E-state index is -0.221. The van der Waals surface area contributed by atoms with Crippen LogP contribution in [0.5, 0.6) is 17.2 Å². The Labute approximate surface area is 112 Å². The Morgan fingerprint density at radius 3 is 2.11 bits per heavy atom. The van der Waals surface area contributed by atoms with Crippen LogP contribution < -0.4 is 25.3 Å². The quantitative estimate of drug-likeness (QED) is 0.799. The lowest BCUT2D eigenvalue weighted by atomic mass is 10.1. The Kier molecular flexibility index (Phi) is 5.44. The largest absolute Gasteiger partial charge is 0.493 e. The van der Waals surface area contributed by atoms with Crippen molar-refractivity contribution in [3.8, 4) is 17.2 Å². The highest BCUT2D eigenvalue weighted by Crippen LogP contribution is 2.39. The van der Waals surface area contributed by atoms with Gasteiger partial charge in [-0.3, -0.25) is 4.79 Å². The van der Waals surface area contributed by atoms with Gasteiger partial charge in [0.25, 0.3) is 0 Å². The van der Waals surface area contributed by atoms with Gasteiger partial charge in [-0.1, -0.05) is 0 Å². The van der Waals surface area contributed by atoms with Crippen LogP contribution in [0.15, 0.2) is 12.1 Å². The van der Waals surface area contributed by atoms with Crippen molar-refractivity contribution in [2.45, 2.75) is 13.0 Å². The van der Waals surface area contributed by atoms with Crippen LogP contribution in [0.3, 0.4) is 0 Å². The summed E-state index contributed by atoms with van der Waals surface area (Å²) in [6, 6.07) is 3.38. The Morgan fingerprint density at radius 1 is 1.21 bits per heavy atom. The van der Waals surface area contributed by atoms with Gasteiger partial charge in [0.05, 0.1) is 33.9 Å². The van der Waals surface area contributed by atoms with Gasteiger partial charge < -0.3 is 25.3 Å². The molecule has 0 fully saturated rings. The van der Waals surface area contributed by atoms with Gasteiger partial charge in [0, 0.05) is 0 Å². The summed E-state index contributed by atoms with van der Waals surface area (Å²) in [7, 11) is 4.63. The van der Waals surface area contributed by atoms with Gasteiger partial charge in [0.1, 0.15) is 0 Å². The smallest absolute Gasteiger partial charge is 0.234 e. The highest BCUT2D eigenvalue weighted by Gasteiger charge is 2.17. The highest BCUT2D eigenvalue weighted by atomic mass is 16.5. The molecule has 0 saturated carbocycles. The molecule has 1 aromatic carbocycles. The second kappa shape index (κ2) is 6.84. The summed E-state index contributed by atoms with van der Waals surface area (Å²) in [4.78, 5) is 11.3. The molecule has 0 spiro atoms. The van der Waals surface area contributed by atoms with E-state index in [1.165, 1.54) is 0 Å². The molecule has 6 nitrogen and oxygen atoms in total. The number of methoxy groups -OCH3 is 3. The second-order valence-corrected chi connectivity index (χ2v) is 3.95. The lowest BCUT2D eigenvalue weighted by Gasteiger charge is -2.18. The number of benzene rings is 1. The van der Waals surface area contributed by atoms with Gasteiger partial charge in [-0.2, -0.15) is 0 Å². The predicted molar refractivity (Wildman–Crippen MR) is 71.7 cm³/mol. The van der Waals surface area contributed by atoms with Gasteiger partial charge >= 0.3 is 0 Å². The maximum atomic E-state index is 11.3. The minimum Gasteiger partial charge on any atom is -0.493 e. The van der Waals surface area contributed by atoms with E-state index in [-0.39, 0.29) is 18.5 Å². The van der Waals surface area contributed by atoms with Crippen LogP contribution in [-0.4, -0.2) is 33.8 Å². The highest BCUT2D eigenvalue weighted by molar-refractivity contribution is 5.78. The lowest BCUT2D eigenvalue weighted by molar-refractivity contribution is -0.120. The molecule has 106 valence electrons. The fourth-order valence-electron chi connectivity index (χ4n) is 1.74. The molecule has 0 aliphatic rings. The molecule has 0 heterocycles. The summed E-state index contributed by atoms with van der Waals surface area (Å²) < 4.78 is 15.8. The van der Waals surface area contributed by atoms with Crippen molar-refractivity contribution in [1.29, 1.82) is 0 Å². The van der Waals surface area contributed by atoms with Crippen LogP contribution in [-0.2, 0) is 4.79 Å². The number of hydrogen-bond donors (Lipinski definition) is 2. The molecule has 1 aromatic rings. The lowest BCUT2D eigenvalue weighted by Crippen LogP contribution is -2.32. The minimum absolute atomic E-state index is 0.0469. The van der Waals surface area contributed by atoms with E-state index < -0.39 is 0 Å². The maximum absolute atomic E-state index is 11.3. The first kappa shape index (κ1) is 15.1. The molecule has 6 heteroatoms. The number of carbonyl (C=O) groups excluding carboxylic acids is 1. The van der Waals surface area contributed by atoms with E-state index in [4.69, 9.17) is 19.9 Å². The Morgan fingerprint density at radius 2 is 1.74 bits per heavy atom. The number of ether oxygens (including phenoxy) is 3. The van der Waals surface area contributed by atoms with Crippen LogP contribution in [0, 0.1) is 0 Å². The average Bonchev–Trinajstić information content (AvgIpc) is 2.44. The molecule has 1 unspecified atom stereocenters. The Bertz CT molecular complexity index is 423. The van der Waals surface area contributed by atoms with Crippen molar-refractivity contribution in [3.05, 3.63) is 17.7 Å². The number of carbonyl (C=O) groups is 1. The molecular formula is C13H20N2O4. The topological polar surface area (TPSA) is 82.8 Å². The molecule has 0 aromatic heterocycles. The normalized spacial score (nSPS) is 11.6. The molecule has 0 saturated heterocycles.